The molecule has 0 fully saturated rings. The highest BCUT2D eigenvalue weighted by Crippen LogP contribution is 2.17. The quantitative estimate of drug-likeness (QED) is 0.673. The van der Waals surface area contributed by atoms with Crippen molar-refractivity contribution in [2.45, 2.75) is 19.4 Å². The van der Waals surface area contributed by atoms with E-state index >= 15 is 0 Å². The van der Waals surface area contributed by atoms with Crippen molar-refractivity contribution < 1.29 is 4.84 Å². The minimum Gasteiger partial charge on any atom is -0.392 e. The zero-order valence-corrected chi connectivity index (χ0v) is 7.60. The number of benzene rings is 1. The van der Waals surface area contributed by atoms with Gasteiger partial charge in [-0.15, -0.1) is 0 Å². The molecule has 0 aliphatic carbocycles. The smallest absolute Gasteiger partial charge is 0.133 e. The molecule has 2 unspecified atom stereocenters. The van der Waals surface area contributed by atoms with Crippen molar-refractivity contribution in [3.8, 4) is 0 Å². The van der Waals surface area contributed by atoms with Crippen molar-refractivity contribution in [2.75, 3.05) is 0 Å². The molecule has 0 bridgehead atoms. The second-order valence-electron chi connectivity index (χ2n) is 3.33. The van der Waals surface area contributed by atoms with Gasteiger partial charge in [0.25, 0.3) is 0 Å². The molecular formula is C11H12NO. The van der Waals surface area contributed by atoms with Crippen molar-refractivity contribution in [2.24, 2.45) is 11.1 Å². The molecule has 2 heteroatoms. The third kappa shape index (κ3) is 1.89. The van der Waals surface area contributed by atoms with Crippen LogP contribution in [0.2, 0.25) is 0 Å². The molecule has 67 valence electrons. The molecule has 1 aromatic carbocycles. The Morgan fingerprint density at radius 2 is 2.15 bits per heavy atom. The van der Waals surface area contributed by atoms with Crippen LogP contribution in [-0.2, 0) is 11.3 Å². The van der Waals surface area contributed by atoms with E-state index in [0.717, 1.165) is 6.42 Å². The van der Waals surface area contributed by atoms with Gasteiger partial charge in [0.1, 0.15) is 12.3 Å². The van der Waals surface area contributed by atoms with Crippen LogP contribution in [-0.4, -0.2) is 12.3 Å². The summed E-state index contributed by atoms with van der Waals surface area (Å²) in [5, 5.41) is 3.69. The lowest BCUT2D eigenvalue weighted by atomic mass is 9.97. The fraction of sp³-hybridized carbons (Fsp3) is 0.364. The van der Waals surface area contributed by atoms with E-state index in [9.17, 15) is 0 Å². The summed E-state index contributed by atoms with van der Waals surface area (Å²) in [6.45, 7) is 2.02. The molecule has 2 atom stereocenters. The Balaban J connectivity index is 2.02. The van der Waals surface area contributed by atoms with Gasteiger partial charge in [0.05, 0.1) is 5.92 Å². The third-order valence-electron chi connectivity index (χ3n) is 2.30. The molecule has 2 nitrogen and oxygen atoms in total. The van der Waals surface area contributed by atoms with Crippen LogP contribution in [0.25, 0.3) is 0 Å². The maximum Gasteiger partial charge on any atom is 0.133 e. The predicted octanol–water partition coefficient (Wildman–Crippen LogP) is 2.13. The molecule has 1 aromatic rings. The van der Waals surface area contributed by atoms with Crippen LogP contribution >= 0.6 is 0 Å². The zero-order chi connectivity index (χ0) is 9.10. The predicted molar refractivity (Wildman–Crippen MR) is 51.6 cm³/mol. The second-order valence-corrected chi connectivity index (χ2v) is 3.33. The number of nitrogens with zero attached hydrogens (tertiary/aromatic N) is 1. The summed E-state index contributed by atoms with van der Waals surface area (Å²) in [6.07, 6.45) is 4.09. The van der Waals surface area contributed by atoms with Crippen LogP contribution in [0.4, 0.5) is 0 Å². The highest BCUT2D eigenvalue weighted by atomic mass is 16.6. The lowest BCUT2D eigenvalue weighted by Gasteiger charge is -2.10. The first-order valence-electron chi connectivity index (χ1n) is 4.51. The fourth-order valence-corrected chi connectivity index (χ4v) is 1.44. The third-order valence-corrected chi connectivity index (χ3v) is 2.30. The lowest BCUT2D eigenvalue weighted by molar-refractivity contribution is 0.0761. The average molecular weight is 174 g/mol. The van der Waals surface area contributed by atoms with E-state index in [1.807, 2.05) is 25.1 Å². The first-order chi connectivity index (χ1) is 6.36. The van der Waals surface area contributed by atoms with Crippen LogP contribution in [0.1, 0.15) is 12.5 Å². The summed E-state index contributed by atoms with van der Waals surface area (Å²) in [5.41, 5.74) is 1.31. The first kappa shape index (κ1) is 8.30. The Hall–Kier alpha value is -1.31. The van der Waals surface area contributed by atoms with E-state index in [1.54, 1.807) is 0 Å². The van der Waals surface area contributed by atoms with E-state index < -0.39 is 0 Å². The standard InChI is InChI=1S/C11H12NO/c1-9-11(8-12-13-9)7-10-5-3-2-4-6-10/h2-6,9,11H,7H2,1H3. The van der Waals surface area contributed by atoms with E-state index in [-0.39, 0.29) is 6.10 Å². The van der Waals surface area contributed by atoms with E-state index in [4.69, 9.17) is 4.84 Å². The summed E-state index contributed by atoms with van der Waals surface area (Å²) < 4.78 is 0. The SMILES string of the molecule is CC1ON=[C]C1Cc1ccccc1. The van der Waals surface area contributed by atoms with Gasteiger partial charge in [0, 0.05) is 0 Å². The summed E-state index contributed by atoms with van der Waals surface area (Å²) in [5.74, 6) is 0.308. The lowest BCUT2D eigenvalue weighted by Crippen LogP contribution is -2.16. The van der Waals surface area contributed by atoms with Gasteiger partial charge in [-0.05, 0) is 18.9 Å². The van der Waals surface area contributed by atoms with E-state index in [0.29, 0.717) is 5.92 Å². The summed E-state index contributed by atoms with van der Waals surface area (Å²) in [7, 11) is 0. The zero-order valence-electron chi connectivity index (χ0n) is 7.60. The van der Waals surface area contributed by atoms with Gasteiger partial charge in [-0.1, -0.05) is 35.5 Å². The van der Waals surface area contributed by atoms with Gasteiger partial charge >= 0.3 is 0 Å². The monoisotopic (exact) mass is 174 g/mol. The highest BCUT2D eigenvalue weighted by Gasteiger charge is 2.22. The molecule has 1 aliphatic rings. The van der Waals surface area contributed by atoms with Crippen molar-refractivity contribution in [1.82, 2.24) is 0 Å². The number of rotatable bonds is 2. The Morgan fingerprint density at radius 1 is 1.38 bits per heavy atom. The van der Waals surface area contributed by atoms with Crippen molar-refractivity contribution >= 4 is 6.21 Å². The van der Waals surface area contributed by atoms with Crippen LogP contribution in [0.15, 0.2) is 35.5 Å². The maximum absolute atomic E-state index is 5.05. The molecule has 0 aromatic heterocycles. The molecule has 1 aliphatic heterocycles. The Kier molecular flexibility index (Phi) is 2.30. The van der Waals surface area contributed by atoms with Crippen LogP contribution in [0, 0.1) is 5.92 Å². The summed E-state index contributed by atoms with van der Waals surface area (Å²) >= 11 is 0. The Morgan fingerprint density at radius 3 is 2.77 bits per heavy atom. The van der Waals surface area contributed by atoms with Gasteiger partial charge < -0.3 is 4.84 Å². The topological polar surface area (TPSA) is 21.6 Å². The molecule has 0 amide bonds. The van der Waals surface area contributed by atoms with Crippen LogP contribution in [0.3, 0.4) is 0 Å². The molecule has 2 rings (SSSR count). The van der Waals surface area contributed by atoms with Crippen molar-refractivity contribution in [3.63, 3.8) is 0 Å². The Bertz CT molecular complexity index is 294. The molecule has 13 heavy (non-hydrogen) atoms. The molecule has 0 N–H and O–H groups in total. The average Bonchev–Trinajstić information content (AvgIpc) is 2.54. The molecule has 1 radical (unpaired) electrons. The van der Waals surface area contributed by atoms with Gasteiger partial charge in [-0.25, -0.2) is 0 Å². The van der Waals surface area contributed by atoms with Gasteiger partial charge in [-0.2, -0.15) is 0 Å². The van der Waals surface area contributed by atoms with Gasteiger partial charge in [-0.3, -0.25) is 0 Å². The van der Waals surface area contributed by atoms with Crippen molar-refractivity contribution in [3.05, 3.63) is 35.9 Å². The maximum atomic E-state index is 5.05. The minimum absolute atomic E-state index is 0.167. The van der Waals surface area contributed by atoms with Crippen molar-refractivity contribution in [1.29, 1.82) is 0 Å². The van der Waals surface area contributed by atoms with E-state index in [1.165, 1.54) is 5.56 Å². The highest BCUT2D eigenvalue weighted by molar-refractivity contribution is 5.62. The molecular weight excluding hydrogens is 162 g/mol. The number of hydrogen-bond acceptors (Lipinski definition) is 2. The molecule has 0 saturated heterocycles. The van der Waals surface area contributed by atoms with Crippen LogP contribution in [0.5, 0.6) is 0 Å². The van der Waals surface area contributed by atoms with Crippen LogP contribution < -0.4 is 0 Å². The fourth-order valence-electron chi connectivity index (χ4n) is 1.44. The second kappa shape index (κ2) is 3.60. The summed E-state index contributed by atoms with van der Waals surface area (Å²) in [6, 6.07) is 10.4. The largest absolute Gasteiger partial charge is 0.392 e. The summed E-state index contributed by atoms with van der Waals surface area (Å²) in [4.78, 5) is 5.05. The normalized spacial score (nSPS) is 25.9. The van der Waals surface area contributed by atoms with Gasteiger partial charge in [0.15, 0.2) is 0 Å². The molecule has 0 saturated carbocycles. The molecule has 0 spiro atoms. The minimum atomic E-state index is 0.167. The first-order valence-corrected chi connectivity index (χ1v) is 4.51. The number of hydrogen-bond donors (Lipinski definition) is 0. The van der Waals surface area contributed by atoms with E-state index in [2.05, 4.69) is 23.5 Å². The van der Waals surface area contributed by atoms with Gasteiger partial charge in [0.2, 0.25) is 0 Å². The molecule has 1 heterocycles. The Labute approximate surface area is 78.2 Å².